The predicted octanol–water partition coefficient (Wildman–Crippen LogP) is 3.66. The van der Waals surface area contributed by atoms with Gasteiger partial charge in [-0.25, -0.2) is 4.79 Å². The van der Waals surface area contributed by atoms with E-state index in [-0.39, 0.29) is 17.6 Å². The van der Waals surface area contributed by atoms with E-state index in [4.69, 9.17) is 13.6 Å². The lowest BCUT2D eigenvalue weighted by molar-refractivity contribution is 0.0667. The van der Waals surface area contributed by atoms with Gasteiger partial charge in [0.1, 0.15) is 17.9 Å². The van der Waals surface area contributed by atoms with Gasteiger partial charge in [-0.1, -0.05) is 0 Å². The van der Waals surface area contributed by atoms with Crippen molar-refractivity contribution in [3.63, 3.8) is 0 Å². The molecule has 0 spiro atoms. The summed E-state index contributed by atoms with van der Waals surface area (Å²) in [6.07, 6.45) is 3.29. The van der Waals surface area contributed by atoms with Crippen LogP contribution in [0.3, 0.4) is 0 Å². The molecular weight excluding hydrogens is 396 g/mol. The van der Waals surface area contributed by atoms with Crippen molar-refractivity contribution in [2.45, 2.75) is 45.7 Å². The summed E-state index contributed by atoms with van der Waals surface area (Å²) in [5.74, 6) is 1.02. The summed E-state index contributed by atoms with van der Waals surface area (Å²) < 4.78 is 16.6. The number of aryl methyl sites for hydroxylation is 1. The summed E-state index contributed by atoms with van der Waals surface area (Å²) in [6.45, 7) is 7.67. The molecule has 7 nitrogen and oxygen atoms in total. The first-order valence-electron chi connectivity index (χ1n) is 10.7. The maximum Gasteiger partial charge on any atom is 0.339 e. The third kappa shape index (κ3) is 4.66. The van der Waals surface area contributed by atoms with Crippen LogP contribution >= 0.6 is 0 Å². The molecule has 1 aliphatic rings. The number of nitrogens with one attached hydrogen (secondary N) is 1. The molecule has 1 saturated heterocycles. The van der Waals surface area contributed by atoms with Crippen LogP contribution in [-0.4, -0.2) is 42.6 Å². The summed E-state index contributed by atoms with van der Waals surface area (Å²) in [5, 5.41) is 4.51. The molecule has 31 heavy (non-hydrogen) atoms. The van der Waals surface area contributed by atoms with E-state index in [2.05, 4.69) is 12.2 Å². The van der Waals surface area contributed by atoms with Crippen molar-refractivity contribution in [2.24, 2.45) is 0 Å². The summed E-state index contributed by atoms with van der Waals surface area (Å²) in [4.78, 5) is 26.1. The van der Waals surface area contributed by atoms with Crippen LogP contribution in [0.25, 0.3) is 11.0 Å². The Balaban J connectivity index is 1.28. The molecule has 1 fully saturated rings. The van der Waals surface area contributed by atoms with Gasteiger partial charge >= 0.3 is 5.63 Å². The molecule has 7 heteroatoms. The number of ether oxygens (including phenoxy) is 1. The molecule has 3 aromatic rings. The molecule has 1 amide bonds. The van der Waals surface area contributed by atoms with E-state index < -0.39 is 0 Å². The van der Waals surface area contributed by atoms with Gasteiger partial charge in [-0.05, 0) is 63.4 Å². The largest absolute Gasteiger partial charge is 0.492 e. The monoisotopic (exact) mass is 424 g/mol. The highest BCUT2D eigenvalue weighted by molar-refractivity contribution is 5.91. The quantitative estimate of drug-likeness (QED) is 0.608. The number of carbonyl (C=O) groups excluding carboxylic acids is 1. The summed E-state index contributed by atoms with van der Waals surface area (Å²) in [5.41, 5.74) is 1.80. The van der Waals surface area contributed by atoms with Gasteiger partial charge in [0.2, 0.25) is 0 Å². The molecule has 1 N–H and O–H groups in total. The Bertz CT molecular complexity index is 1110. The molecule has 1 aromatic carbocycles. The second-order valence-corrected chi connectivity index (χ2v) is 8.22. The molecule has 2 aromatic heterocycles. The minimum absolute atomic E-state index is 0.0479. The number of rotatable bonds is 6. The Labute approximate surface area is 181 Å². The van der Waals surface area contributed by atoms with Gasteiger partial charge in [0.25, 0.3) is 5.91 Å². The highest BCUT2D eigenvalue weighted by Gasteiger charge is 2.25. The Morgan fingerprint density at radius 2 is 2.00 bits per heavy atom. The van der Waals surface area contributed by atoms with Crippen LogP contribution in [-0.2, 0) is 0 Å². The van der Waals surface area contributed by atoms with Gasteiger partial charge in [-0.15, -0.1) is 0 Å². The maximum atomic E-state index is 12.4. The molecule has 4 rings (SSSR count). The van der Waals surface area contributed by atoms with E-state index in [0.29, 0.717) is 48.4 Å². The number of fused-ring (bicyclic) bond motifs is 1. The van der Waals surface area contributed by atoms with Crippen LogP contribution in [0.15, 0.2) is 50.2 Å². The van der Waals surface area contributed by atoms with Crippen molar-refractivity contribution in [3.05, 3.63) is 63.9 Å². The first kappa shape index (κ1) is 21.2. The van der Waals surface area contributed by atoms with Crippen molar-refractivity contribution < 1.29 is 18.4 Å². The zero-order valence-corrected chi connectivity index (χ0v) is 18.1. The number of likely N-dealkylation sites (tertiary alicyclic amines) is 1. The summed E-state index contributed by atoms with van der Waals surface area (Å²) in [7, 11) is 0. The first-order valence-corrected chi connectivity index (χ1v) is 10.7. The zero-order chi connectivity index (χ0) is 22.0. The molecular formula is C24H28N2O5. The average molecular weight is 424 g/mol. The number of carbonyl (C=O) groups is 1. The third-order valence-corrected chi connectivity index (χ3v) is 5.96. The number of furan rings is 1. The summed E-state index contributed by atoms with van der Waals surface area (Å²) >= 11 is 0. The molecule has 1 unspecified atom stereocenters. The fourth-order valence-electron chi connectivity index (χ4n) is 4.00. The molecule has 0 radical (unpaired) electrons. The Hall–Kier alpha value is -3.06. The fraction of sp³-hybridized carbons (Fsp3) is 0.417. The number of benzene rings is 1. The lowest BCUT2D eigenvalue weighted by Crippen LogP contribution is -2.48. The van der Waals surface area contributed by atoms with Crippen molar-refractivity contribution >= 4 is 16.9 Å². The number of hydrogen-bond donors (Lipinski definition) is 1. The van der Waals surface area contributed by atoms with Crippen molar-refractivity contribution in [3.8, 4) is 5.75 Å². The molecule has 1 aliphatic heterocycles. The predicted molar refractivity (Wildman–Crippen MR) is 118 cm³/mol. The van der Waals surface area contributed by atoms with E-state index in [9.17, 15) is 9.59 Å². The number of nitrogens with zero attached hydrogens (tertiary/aromatic N) is 1. The van der Waals surface area contributed by atoms with E-state index in [0.717, 1.165) is 23.8 Å². The standard InChI is InChI=1S/C24H28N2O5/c1-15(25-18-8-10-26(11-9-18)23(27)21-5-4-12-29-21)14-30-19-6-7-20-16(2)17(3)24(28)31-22(20)13-19/h4-7,12-13,15,18,25H,8-11,14H2,1-3H3. The van der Waals surface area contributed by atoms with Crippen molar-refractivity contribution in [1.82, 2.24) is 10.2 Å². The zero-order valence-electron chi connectivity index (χ0n) is 18.1. The minimum atomic E-state index is -0.311. The van der Waals surface area contributed by atoms with Gasteiger partial charge in [0, 0.05) is 42.2 Å². The van der Waals surface area contributed by atoms with Crippen molar-refractivity contribution in [1.29, 1.82) is 0 Å². The lowest BCUT2D eigenvalue weighted by Gasteiger charge is -2.33. The van der Waals surface area contributed by atoms with Crippen LogP contribution < -0.4 is 15.7 Å². The Morgan fingerprint density at radius 3 is 2.71 bits per heavy atom. The number of hydrogen-bond acceptors (Lipinski definition) is 6. The maximum absolute atomic E-state index is 12.4. The SMILES string of the molecule is Cc1c(C)c2ccc(OCC(C)NC3CCN(C(=O)c4ccco4)CC3)cc2oc1=O. The fourth-order valence-corrected chi connectivity index (χ4v) is 4.00. The first-order chi connectivity index (χ1) is 14.9. The van der Waals surface area contributed by atoms with Crippen LogP contribution in [0, 0.1) is 13.8 Å². The van der Waals surface area contributed by atoms with E-state index in [1.54, 1.807) is 25.1 Å². The molecule has 164 valence electrons. The molecule has 3 heterocycles. The number of piperidine rings is 1. The van der Waals surface area contributed by atoms with Crippen LogP contribution in [0.2, 0.25) is 0 Å². The molecule has 1 atom stereocenters. The molecule has 0 aliphatic carbocycles. The number of amides is 1. The Kier molecular flexibility index (Phi) is 6.13. The van der Waals surface area contributed by atoms with Crippen LogP contribution in [0.4, 0.5) is 0 Å². The highest BCUT2D eigenvalue weighted by atomic mass is 16.5. The summed E-state index contributed by atoms with van der Waals surface area (Å²) in [6, 6.07) is 9.51. The van der Waals surface area contributed by atoms with E-state index >= 15 is 0 Å². The highest BCUT2D eigenvalue weighted by Crippen LogP contribution is 2.24. The molecule has 0 saturated carbocycles. The van der Waals surface area contributed by atoms with Gasteiger partial charge < -0.3 is 23.8 Å². The lowest BCUT2D eigenvalue weighted by atomic mass is 10.0. The van der Waals surface area contributed by atoms with Gasteiger partial charge in [0.15, 0.2) is 5.76 Å². The van der Waals surface area contributed by atoms with Crippen molar-refractivity contribution in [2.75, 3.05) is 19.7 Å². The minimum Gasteiger partial charge on any atom is -0.492 e. The second-order valence-electron chi connectivity index (χ2n) is 8.22. The van der Waals surface area contributed by atoms with E-state index in [1.807, 2.05) is 24.0 Å². The third-order valence-electron chi connectivity index (χ3n) is 5.96. The van der Waals surface area contributed by atoms with Gasteiger partial charge in [-0.3, -0.25) is 4.79 Å². The topological polar surface area (TPSA) is 84.9 Å². The normalized spacial score (nSPS) is 15.9. The Morgan fingerprint density at radius 1 is 1.23 bits per heavy atom. The average Bonchev–Trinajstić information content (AvgIpc) is 3.31. The second kappa shape index (κ2) is 8.98. The van der Waals surface area contributed by atoms with Crippen LogP contribution in [0.1, 0.15) is 41.4 Å². The van der Waals surface area contributed by atoms with Gasteiger partial charge in [0.05, 0.1) is 6.26 Å². The molecule has 0 bridgehead atoms. The van der Waals surface area contributed by atoms with E-state index in [1.165, 1.54) is 6.26 Å². The van der Waals surface area contributed by atoms with Crippen LogP contribution in [0.5, 0.6) is 5.75 Å². The van der Waals surface area contributed by atoms with Gasteiger partial charge in [-0.2, -0.15) is 0 Å². The smallest absolute Gasteiger partial charge is 0.339 e.